The Labute approximate surface area is 140 Å². The molecule has 6 heteroatoms. The largest absolute Gasteiger partial charge is 0.496 e. The van der Waals surface area contributed by atoms with Crippen molar-refractivity contribution in [2.24, 2.45) is 0 Å². The Bertz CT molecular complexity index is 691. The van der Waals surface area contributed by atoms with E-state index < -0.39 is 5.97 Å². The number of carbonyl (C=O) groups excluding carboxylic acids is 2. The van der Waals surface area contributed by atoms with Gasteiger partial charge in [0, 0.05) is 12.6 Å². The number of esters is 1. The normalized spacial score (nSPS) is 10.5. The third-order valence-corrected chi connectivity index (χ3v) is 3.18. The average Bonchev–Trinajstić information content (AvgIpc) is 3.12. The summed E-state index contributed by atoms with van der Waals surface area (Å²) in [7, 11) is 1.60. The first-order valence-electron chi connectivity index (χ1n) is 7.46. The maximum absolute atomic E-state index is 11.7. The molecule has 0 aliphatic heterocycles. The number of hydrogen-bond acceptors (Lipinski definition) is 5. The van der Waals surface area contributed by atoms with E-state index in [2.05, 4.69) is 5.32 Å². The van der Waals surface area contributed by atoms with Crippen molar-refractivity contribution in [3.8, 4) is 5.75 Å². The standard InChI is InChI=1S/C18H19NO5/c1-22-16-7-3-2-5-14(16)10-11-19-17(20)13-24-18(21)9-8-15-6-4-12-23-15/h2-9,12H,10-11,13H2,1H3,(H,19,20)/b9-8+. The molecule has 0 aliphatic rings. The van der Waals surface area contributed by atoms with Crippen LogP contribution in [0, 0.1) is 0 Å². The molecule has 1 aromatic heterocycles. The number of hydrogen-bond donors (Lipinski definition) is 1. The number of furan rings is 1. The third kappa shape index (κ3) is 5.64. The third-order valence-electron chi connectivity index (χ3n) is 3.18. The molecule has 24 heavy (non-hydrogen) atoms. The highest BCUT2D eigenvalue weighted by atomic mass is 16.5. The number of benzene rings is 1. The minimum atomic E-state index is -0.605. The van der Waals surface area contributed by atoms with E-state index in [-0.39, 0.29) is 12.5 Å². The number of amides is 1. The molecular formula is C18H19NO5. The van der Waals surface area contributed by atoms with Crippen LogP contribution < -0.4 is 10.1 Å². The Balaban J connectivity index is 1.67. The van der Waals surface area contributed by atoms with Gasteiger partial charge in [-0.1, -0.05) is 18.2 Å². The van der Waals surface area contributed by atoms with Gasteiger partial charge in [-0.3, -0.25) is 4.79 Å². The molecule has 0 radical (unpaired) electrons. The Morgan fingerprint density at radius 3 is 2.79 bits per heavy atom. The Kier molecular flexibility index (Phi) is 6.64. The Morgan fingerprint density at radius 2 is 2.04 bits per heavy atom. The molecule has 0 bridgehead atoms. The van der Waals surface area contributed by atoms with Gasteiger partial charge >= 0.3 is 5.97 Å². The van der Waals surface area contributed by atoms with Gasteiger partial charge in [0.1, 0.15) is 11.5 Å². The predicted octanol–water partition coefficient (Wildman–Crippen LogP) is 2.20. The molecule has 1 aromatic carbocycles. The quantitative estimate of drug-likeness (QED) is 0.593. The molecule has 0 aliphatic carbocycles. The van der Waals surface area contributed by atoms with Gasteiger partial charge in [-0.05, 0) is 36.3 Å². The molecule has 0 fully saturated rings. The van der Waals surface area contributed by atoms with E-state index in [1.165, 1.54) is 18.4 Å². The zero-order valence-electron chi connectivity index (χ0n) is 13.4. The van der Waals surface area contributed by atoms with Crippen molar-refractivity contribution in [1.82, 2.24) is 5.32 Å². The van der Waals surface area contributed by atoms with Crippen molar-refractivity contribution in [3.63, 3.8) is 0 Å². The van der Waals surface area contributed by atoms with Crippen molar-refractivity contribution in [2.75, 3.05) is 20.3 Å². The van der Waals surface area contributed by atoms with E-state index in [0.717, 1.165) is 11.3 Å². The minimum Gasteiger partial charge on any atom is -0.496 e. The zero-order chi connectivity index (χ0) is 17.2. The van der Waals surface area contributed by atoms with Gasteiger partial charge in [-0.2, -0.15) is 0 Å². The van der Waals surface area contributed by atoms with Crippen LogP contribution in [-0.2, 0) is 20.7 Å². The lowest BCUT2D eigenvalue weighted by Crippen LogP contribution is -2.30. The van der Waals surface area contributed by atoms with Crippen molar-refractivity contribution >= 4 is 18.0 Å². The highest BCUT2D eigenvalue weighted by molar-refractivity contribution is 5.88. The molecule has 2 aromatic rings. The molecule has 1 N–H and O–H groups in total. The fraction of sp³-hybridized carbons (Fsp3) is 0.222. The van der Waals surface area contributed by atoms with Crippen LogP contribution in [0.2, 0.25) is 0 Å². The predicted molar refractivity (Wildman–Crippen MR) is 88.4 cm³/mol. The summed E-state index contributed by atoms with van der Waals surface area (Å²) in [5.74, 6) is 0.352. The van der Waals surface area contributed by atoms with Gasteiger partial charge in [-0.15, -0.1) is 0 Å². The summed E-state index contributed by atoms with van der Waals surface area (Å²) in [5, 5.41) is 2.69. The summed E-state index contributed by atoms with van der Waals surface area (Å²) in [5.41, 5.74) is 0.999. The number of ether oxygens (including phenoxy) is 2. The second-order valence-electron chi connectivity index (χ2n) is 4.87. The van der Waals surface area contributed by atoms with Crippen LogP contribution in [0.1, 0.15) is 11.3 Å². The molecule has 1 heterocycles. The van der Waals surface area contributed by atoms with Crippen LogP contribution in [0.25, 0.3) is 6.08 Å². The molecular weight excluding hydrogens is 310 g/mol. The second-order valence-corrected chi connectivity index (χ2v) is 4.87. The van der Waals surface area contributed by atoms with E-state index in [9.17, 15) is 9.59 Å². The molecule has 0 saturated heterocycles. The van der Waals surface area contributed by atoms with E-state index >= 15 is 0 Å². The summed E-state index contributed by atoms with van der Waals surface area (Å²) in [6, 6.07) is 11.0. The first-order valence-corrected chi connectivity index (χ1v) is 7.46. The van der Waals surface area contributed by atoms with E-state index in [4.69, 9.17) is 13.9 Å². The van der Waals surface area contributed by atoms with Crippen LogP contribution in [-0.4, -0.2) is 32.1 Å². The molecule has 126 valence electrons. The van der Waals surface area contributed by atoms with Crippen LogP contribution >= 0.6 is 0 Å². The molecule has 6 nitrogen and oxygen atoms in total. The summed E-state index contributed by atoms with van der Waals surface area (Å²) >= 11 is 0. The lowest BCUT2D eigenvalue weighted by molar-refractivity contribution is -0.143. The van der Waals surface area contributed by atoms with E-state index in [1.54, 1.807) is 19.2 Å². The first-order chi connectivity index (χ1) is 11.7. The summed E-state index contributed by atoms with van der Waals surface area (Å²) in [4.78, 5) is 23.1. The molecule has 0 spiro atoms. The Morgan fingerprint density at radius 1 is 1.21 bits per heavy atom. The number of rotatable bonds is 8. The smallest absolute Gasteiger partial charge is 0.331 e. The number of carbonyl (C=O) groups is 2. The zero-order valence-corrected chi connectivity index (χ0v) is 13.4. The van der Waals surface area contributed by atoms with Gasteiger partial charge in [-0.25, -0.2) is 4.79 Å². The topological polar surface area (TPSA) is 77.8 Å². The van der Waals surface area contributed by atoms with Crippen molar-refractivity contribution in [2.45, 2.75) is 6.42 Å². The molecule has 0 atom stereocenters. The lowest BCUT2D eigenvalue weighted by Gasteiger charge is -2.09. The van der Waals surface area contributed by atoms with Crippen LogP contribution in [0.15, 0.2) is 53.2 Å². The van der Waals surface area contributed by atoms with Gasteiger partial charge in [0.2, 0.25) is 0 Å². The van der Waals surface area contributed by atoms with Crippen LogP contribution in [0.3, 0.4) is 0 Å². The van der Waals surface area contributed by atoms with Gasteiger partial charge < -0.3 is 19.2 Å². The van der Waals surface area contributed by atoms with Crippen LogP contribution in [0.4, 0.5) is 0 Å². The summed E-state index contributed by atoms with van der Waals surface area (Å²) in [6.45, 7) is 0.103. The maximum Gasteiger partial charge on any atom is 0.331 e. The highest BCUT2D eigenvalue weighted by Gasteiger charge is 2.06. The van der Waals surface area contributed by atoms with Crippen LogP contribution in [0.5, 0.6) is 5.75 Å². The molecule has 0 unspecified atom stereocenters. The second kappa shape index (κ2) is 9.19. The molecule has 0 saturated carbocycles. The number of para-hydroxylation sites is 1. The maximum atomic E-state index is 11.7. The lowest BCUT2D eigenvalue weighted by atomic mass is 10.1. The fourth-order valence-corrected chi connectivity index (χ4v) is 2.02. The summed E-state index contributed by atoms with van der Waals surface area (Å²) in [6.07, 6.45) is 4.81. The SMILES string of the molecule is COc1ccccc1CCNC(=O)COC(=O)/C=C/c1ccco1. The van der Waals surface area contributed by atoms with E-state index in [0.29, 0.717) is 18.7 Å². The van der Waals surface area contributed by atoms with Gasteiger partial charge in [0.15, 0.2) is 6.61 Å². The minimum absolute atomic E-state index is 0.326. The van der Waals surface area contributed by atoms with Crippen molar-refractivity contribution in [3.05, 3.63) is 60.1 Å². The Hall–Kier alpha value is -3.02. The monoisotopic (exact) mass is 329 g/mol. The number of methoxy groups -OCH3 is 1. The van der Waals surface area contributed by atoms with Gasteiger partial charge in [0.05, 0.1) is 13.4 Å². The van der Waals surface area contributed by atoms with E-state index in [1.807, 2.05) is 24.3 Å². The van der Waals surface area contributed by atoms with Crippen molar-refractivity contribution in [1.29, 1.82) is 0 Å². The van der Waals surface area contributed by atoms with Gasteiger partial charge in [0.25, 0.3) is 5.91 Å². The number of nitrogens with one attached hydrogen (secondary N) is 1. The molecule has 1 amide bonds. The highest BCUT2D eigenvalue weighted by Crippen LogP contribution is 2.17. The van der Waals surface area contributed by atoms with Crippen molar-refractivity contribution < 1.29 is 23.5 Å². The average molecular weight is 329 g/mol. The summed E-state index contributed by atoms with van der Waals surface area (Å²) < 4.78 is 15.1. The molecule has 2 rings (SSSR count). The fourth-order valence-electron chi connectivity index (χ4n) is 2.02. The first kappa shape index (κ1) is 17.3.